The van der Waals surface area contributed by atoms with Gasteiger partial charge in [-0.15, -0.1) is 0 Å². The zero-order valence-corrected chi connectivity index (χ0v) is 8.34. The number of carbonyl (C=O) groups is 1. The van der Waals surface area contributed by atoms with E-state index in [1.807, 2.05) is 0 Å². The molecule has 12 heavy (non-hydrogen) atoms. The predicted octanol–water partition coefficient (Wildman–Crippen LogP) is -0.879. The van der Waals surface area contributed by atoms with E-state index in [-0.39, 0.29) is 25.9 Å². The van der Waals surface area contributed by atoms with Crippen molar-refractivity contribution in [3.63, 3.8) is 0 Å². The zero-order valence-electron chi connectivity index (χ0n) is 6.63. The van der Waals surface area contributed by atoms with E-state index in [0.717, 1.165) is 0 Å². The average Bonchev–Trinajstić information content (AvgIpc) is 2.07. The molecule has 0 saturated heterocycles. The fourth-order valence-corrected chi connectivity index (χ4v) is 1.89. The standard InChI is InChI=1S/C7H9N3OSe/c1-3-4-12-7-8-6(11)5(2)9-10-7/h1,7,10H,4H2,2H3,(H,8,11). The second kappa shape index (κ2) is 4.15. The van der Waals surface area contributed by atoms with Gasteiger partial charge in [0.25, 0.3) is 0 Å². The van der Waals surface area contributed by atoms with E-state index in [2.05, 4.69) is 21.8 Å². The van der Waals surface area contributed by atoms with Gasteiger partial charge in [0, 0.05) is 0 Å². The molecular formula is C7H9N3OSe. The van der Waals surface area contributed by atoms with E-state index in [1.165, 1.54) is 0 Å². The van der Waals surface area contributed by atoms with E-state index in [4.69, 9.17) is 6.42 Å². The number of carbonyl (C=O) groups excluding carboxylic acids is 1. The molecule has 0 aromatic rings. The monoisotopic (exact) mass is 231 g/mol. The molecule has 1 aliphatic heterocycles. The Bertz CT molecular complexity index is 256. The van der Waals surface area contributed by atoms with E-state index in [0.29, 0.717) is 11.0 Å². The summed E-state index contributed by atoms with van der Waals surface area (Å²) in [5.74, 6) is 2.42. The number of terminal acetylenes is 1. The van der Waals surface area contributed by atoms with Crippen molar-refractivity contribution in [1.29, 1.82) is 0 Å². The molecular weight excluding hydrogens is 221 g/mol. The van der Waals surface area contributed by atoms with Gasteiger partial charge in [0.2, 0.25) is 0 Å². The van der Waals surface area contributed by atoms with E-state index in [1.54, 1.807) is 6.92 Å². The molecule has 0 radical (unpaired) electrons. The van der Waals surface area contributed by atoms with Gasteiger partial charge in [0.1, 0.15) is 0 Å². The second-order valence-electron chi connectivity index (χ2n) is 2.19. The van der Waals surface area contributed by atoms with Crippen molar-refractivity contribution < 1.29 is 4.79 Å². The van der Waals surface area contributed by atoms with Crippen molar-refractivity contribution in [2.45, 2.75) is 17.3 Å². The van der Waals surface area contributed by atoms with E-state index >= 15 is 0 Å². The molecule has 0 spiro atoms. The molecule has 1 atom stereocenters. The molecule has 0 fully saturated rings. The molecule has 1 unspecified atom stereocenters. The summed E-state index contributed by atoms with van der Waals surface area (Å²) in [4.78, 5) is 11.0. The number of nitrogens with one attached hydrogen (secondary N) is 2. The van der Waals surface area contributed by atoms with Crippen LogP contribution in [0.15, 0.2) is 5.10 Å². The van der Waals surface area contributed by atoms with Crippen LogP contribution in [0, 0.1) is 12.3 Å². The molecule has 1 heterocycles. The minimum atomic E-state index is -0.113. The molecule has 5 heteroatoms. The Morgan fingerprint density at radius 2 is 2.58 bits per heavy atom. The zero-order chi connectivity index (χ0) is 8.97. The van der Waals surface area contributed by atoms with Crippen LogP contribution in [0.25, 0.3) is 0 Å². The normalized spacial score (nSPS) is 21.8. The average molecular weight is 230 g/mol. The Kier molecular flexibility index (Phi) is 3.15. The second-order valence-corrected chi connectivity index (χ2v) is 4.49. The third-order valence-corrected chi connectivity index (χ3v) is 3.14. The van der Waals surface area contributed by atoms with E-state index < -0.39 is 0 Å². The Morgan fingerprint density at radius 1 is 1.83 bits per heavy atom. The molecule has 4 nitrogen and oxygen atoms in total. The summed E-state index contributed by atoms with van der Waals surface area (Å²) in [5, 5.41) is 7.24. The van der Waals surface area contributed by atoms with Crippen molar-refractivity contribution in [2.24, 2.45) is 5.10 Å². The molecule has 0 aliphatic carbocycles. The third-order valence-electron chi connectivity index (χ3n) is 1.27. The number of hydrogen-bond acceptors (Lipinski definition) is 3. The topological polar surface area (TPSA) is 53.5 Å². The van der Waals surface area contributed by atoms with Crippen LogP contribution in [0.1, 0.15) is 6.92 Å². The van der Waals surface area contributed by atoms with Crippen molar-refractivity contribution in [3.05, 3.63) is 0 Å². The number of hydrogen-bond donors (Lipinski definition) is 2. The van der Waals surface area contributed by atoms with Gasteiger partial charge in [-0.1, -0.05) is 0 Å². The summed E-state index contributed by atoms with van der Waals surface area (Å²) in [7, 11) is 0. The first-order valence-electron chi connectivity index (χ1n) is 3.40. The van der Waals surface area contributed by atoms with Gasteiger partial charge in [0.15, 0.2) is 0 Å². The first-order valence-corrected chi connectivity index (χ1v) is 5.60. The fraction of sp³-hybridized carbons (Fsp3) is 0.429. The van der Waals surface area contributed by atoms with Gasteiger partial charge in [-0.05, 0) is 0 Å². The van der Waals surface area contributed by atoms with Gasteiger partial charge in [-0.25, -0.2) is 0 Å². The summed E-state index contributed by atoms with van der Waals surface area (Å²) in [6, 6.07) is 0. The number of nitrogens with zero attached hydrogens (tertiary/aromatic N) is 1. The molecule has 0 aromatic heterocycles. The van der Waals surface area contributed by atoms with Gasteiger partial charge < -0.3 is 0 Å². The van der Waals surface area contributed by atoms with Crippen LogP contribution in [-0.2, 0) is 4.79 Å². The third kappa shape index (κ3) is 2.26. The summed E-state index contributed by atoms with van der Waals surface area (Å²) < 4.78 is 0. The fourth-order valence-electron chi connectivity index (χ4n) is 0.672. The predicted molar refractivity (Wildman–Crippen MR) is 47.6 cm³/mol. The van der Waals surface area contributed by atoms with Gasteiger partial charge in [-0.3, -0.25) is 0 Å². The quantitative estimate of drug-likeness (QED) is 0.478. The summed E-state index contributed by atoms with van der Waals surface area (Å²) >= 11 is 0.175. The van der Waals surface area contributed by atoms with E-state index in [9.17, 15) is 4.79 Å². The maximum atomic E-state index is 11.0. The van der Waals surface area contributed by atoms with Crippen LogP contribution in [0.2, 0.25) is 5.32 Å². The van der Waals surface area contributed by atoms with Crippen molar-refractivity contribution in [3.8, 4) is 12.3 Å². The van der Waals surface area contributed by atoms with Crippen LogP contribution >= 0.6 is 0 Å². The van der Waals surface area contributed by atoms with Crippen LogP contribution < -0.4 is 10.7 Å². The molecule has 1 amide bonds. The molecule has 1 rings (SSSR count). The minimum absolute atomic E-state index is 0.0512. The molecule has 2 N–H and O–H groups in total. The van der Waals surface area contributed by atoms with Crippen molar-refractivity contribution in [1.82, 2.24) is 10.7 Å². The van der Waals surface area contributed by atoms with Gasteiger partial charge in [-0.2, -0.15) is 0 Å². The Morgan fingerprint density at radius 3 is 3.17 bits per heavy atom. The number of amides is 1. The molecule has 1 aliphatic rings. The Labute approximate surface area is 77.3 Å². The van der Waals surface area contributed by atoms with Gasteiger partial charge >= 0.3 is 76.9 Å². The number of hydrazone groups is 1. The van der Waals surface area contributed by atoms with Crippen LogP contribution in [0.5, 0.6) is 0 Å². The summed E-state index contributed by atoms with van der Waals surface area (Å²) in [6.45, 7) is 1.66. The molecule has 0 saturated carbocycles. The van der Waals surface area contributed by atoms with Gasteiger partial charge in [0.05, 0.1) is 0 Å². The van der Waals surface area contributed by atoms with Crippen LogP contribution in [-0.4, -0.2) is 31.6 Å². The van der Waals surface area contributed by atoms with Crippen molar-refractivity contribution >= 4 is 26.6 Å². The first-order chi connectivity index (χ1) is 5.74. The Balaban J connectivity index is 2.44. The molecule has 64 valence electrons. The Hall–Kier alpha value is -0.981. The first kappa shape index (κ1) is 9.11. The van der Waals surface area contributed by atoms with Crippen LogP contribution in [0.3, 0.4) is 0 Å². The molecule has 0 aromatic carbocycles. The SMILES string of the molecule is C#CC[Se]C1NN=C(C)C(=O)N1. The number of rotatable bonds is 2. The summed E-state index contributed by atoms with van der Waals surface area (Å²) in [5.41, 5.74) is 3.28. The van der Waals surface area contributed by atoms with Crippen LogP contribution in [0.4, 0.5) is 0 Å². The maximum absolute atomic E-state index is 11.0. The molecule has 0 bridgehead atoms. The van der Waals surface area contributed by atoms with Crippen molar-refractivity contribution in [2.75, 3.05) is 0 Å². The summed E-state index contributed by atoms with van der Waals surface area (Å²) in [6.07, 6.45) is 5.10.